The maximum Gasteiger partial charge on any atom is 0.239 e. The molecule has 6 heteroatoms. The number of aryl methyl sites for hydroxylation is 1. The van der Waals surface area contributed by atoms with Gasteiger partial charge >= 0.3 is 0 Å². The Morgan fingerprint density at radius 3 is 2.85 bits per heavy atom. The Balaban J connectivity index is 2.02. The monoisotopic (exact) mass is 402 g/mol. The molecule has 1 amide bonds. The number of carbonyl (C=O) groups is 1. The van der Waals surface area contributed by atoms with E-state index in [0.717, 1.165) is 16.9 Å². The van der Waals surface area contributed by atoms with Crippen molar-refractivity contribution < 1.29 is 4.79 Å². The molecule has 0 saturated carbocycles. The number of nitrogens with zero attached hydrogens (tertiary/aromatic N) is 1. The number of allylic oxidation sites excluding steroid dienone is 2. The molecular weight excluding hydrogens is 384 g/mol. The minimum Gasteiger partial charge on any atom is -0.316 e. The van der Waals surface area contributed by atoms with Crippen LogP contribution in [0.3, 0.4) is 0 Å². The summed E-state index contributed by atoms with van der Waals surface area (Å²) < 4.78 is 0. The highest BCUT2D eigenvalue weighted by Gasteiger charge is 2.33. The van der Waals surface area contributed by atoms with Gasteiger partial charge in [0.1, 0.15) is 17.0 Å². The second kappa shape index (κ2) is 7.40. The number of rotatable bonds is 4. The third-order valence-corrected chi connectivity index (χ3v) is 7.09. The van der Waals surface area contributed by atoms with Gasteiger partial charge in [0.25, 0.3) is 0 Å². The van der Waals surface area contributed by atoms with Gasteiger partial charge in [-0.15, -0.1) is 34.3 Å². The zero-order chi connectivity index (χ0) is 18.9. The van der Waals surface area contributed by atoms with Gasteiger partial charge in [0.05, 0.1) is 5.56 Å². The van der Waals surface area contributed by atoms with Crippen LogP contribution in [0.1, 0.15) is 46.7 Å². The van der Waals surface area contributed by atoms with Crippen molar-refractivity contribution in [3.05, 3.63) is 49.5 Å². The van der Waals surface area contributed by atoms with E-state index in [2.05, 4.69) is 61.8 Å². The molecule has 1 aliphatic carbocycles. The van der Waals surface area contributed by atoms with E-state index >= 15 is 0 Å². The van der Waals surface area contributed by atoms with Crippen molar-refractivity contribution in [2.45, 2.75) is 32.6 Å². The molecule has 2 aromatic rings. The highest BCUT2D eigenvalue weighted by Crippen LogP contribution is 2.47. The van der Waals surface area contributed by atoms with Crippen molar-refractivity contribution in [1.82, 2.24) is 0 Å². The number of fused-ring (bicyclic) bond motifs is 1. The molecule has 2 heterocycles. The number of anilines is 1. The van der Waals surface area contributed by atoms with Crippen LogP contribution in [0.25, 0.3) is 12.2 Å². The maximum absolute atomic E-state index is 11.7. The number of thiophene rings is 2. The third kappa shape index (κ3) is 3.64. The predicted molar refractivity (Wildman–Crippen MR) is 112 cm³/mol. The van der Waals surface area contributed by atoms with Crippen LogP contribution >= 0.6 is 34.3 Å². The Hall–Kier alpha value is -1.87. The smallest absolute Gasteiger partial charge is 0.239 e. The number of nitriles is 1. The van der Waals surface area contributed by atoms with Crippen molar-refractivity contribution >= 4 is 57.3 Å². The maximum atomic E-state index is 11.7. The molecule has 3 nitrogen and oxygen atoms in total. The molecule has 0 unspecified atom stereocenters. The van der Waals surface area contributed by atoms with Gasteiger partial charge in [-0.25, -0.2) is 0 Å². The van der Waals surface area contributed by atoms with E-state index in [1.165, 1.54) is 27.4 Å². The van der Waals surface area contributed by atoms with Gasteiger partial charge in [-0.2, -0.15) is 5.26 Å². The topological polar surface area (TPSA) is 52.9 Å². The fourth-order valence-corrected chi connectivity index (χ4v) is 5.25. The summed E-state index contributed by atoms with van der Waals surface area (Å²) in [6.45, 7) is 6.45. The summed E-state index contributed by atoms with van der Waals surface area (Å²) in [6, 6.07) is 4.37. The van der Waals surface area contributed by atoms with E-state index < -0.39 is 0 Å². The first kappa shape index (κ1) is 18.9. The highest BCUT2D eigenvalue weighted by molar-refractivity contribution is 7.17. The first-order valence-electron chi connectivity index (χ1n) is 8.21. The lowest BCUT2D eigenvalue weighted by Gasteiger charge is -2.29. The lowest BCUT2D eigenvalue weighted by molar-refractivity contribution is -0.113. The quantitative estimate of drug-likeness (QED) is 0.643. The fourth-order valence-electron chi connectivity index (χ4n) is 3.12. The van der Waals surface area contributed by atoms with Crippen LogP contribution in [0.5, 0.6) is 0 Å². The van der Waals surface area contributed by atoms with E-state index in [0.29, 0.717) is 10.6 Å². The number of nitrogens with one attached hydrogen (secondary N) is 1. The number of hydrogen-bond donors (Lipinski definition) is 1. The SMILES string of the molecule is Cc1ccsc1C=CC1=Cc2c(sc(NC(=O)CCl)c2C#N)C(C)(C)C1. The number of halogens is 1. The molecule has 0 spiro atoms. The van der Waals surface area contributed by atoms with E-state index in [9.17, 15) is 10.1 Å². The molecule has 0 radical (unpaired) electrons. The minimum absolute atomic E-state index is 0.103. The molecule has 3 rings (SSSR count). The lowest BCUT2D eigenvalue weighted by atomic mass is 9.77. The van der Waals surface area contributed by atoms with Crippen LogP contribution in [0.2, 0.25) is 0 Å². The fraction of sp³-hybridized carbons (Fsp3) is 0.300. The number of hydrogen-bond acceptors (Lipinski definition) is 4. The Morgan fingerprint density at radius 2 is 2.23 bits per heavy atom. The molecule has 26 heavy (non-hydrogen) atoms. The zero-order valence-electron chi connectivity index (χ0n) is 14.9. The lowest BCUT2D eigenvalue weighted by Crippen LogP contribution is -2.20. The van der Waals surface area contributed by atoms with Crippen LogP contribution in [0.15, 0.2) is 23.1 Å². The first-order valence-corrected chi connectivity index (χ1v) is 10.4. The molecule has 0 atom stereocenters. The zero-order valence-corrected chi connectivity index (χ0v) is 17.2. The largest absolute Gasteiger partial charge is 0.316 e. The van der Waals surface area contributed by atoms with Crippen LogP contribution < -0.4 is 5.32 Å². The normalized spacial score (nSPS) is 15.4. The Morgan fingerprint density at radius 1 is 1.46 bits per heavy atom. The number of alkyl halides is 1. The minimum atomic E-state index is -0.295. The van der Waals surface area contributed by atoms with Gasteiger partial charge in [0.15, 0.2) is 0 Å². The van der Waals surface area contributed by atoms with Gasteiger partial charge in [0.2, 0.25) is 5.91 Å². The Bertz CT molecular complexity index is 957. The molecule has 0 aromatic carbocycles. The summed E-state index contributed by atoms with van der Waals surface area (Å²) in [5, 5.41) is 15.1. The second-order valence-corrected chi connectivity index (χ2v) is 9.16. The molecule has 0 bridgehead atoms. The summed E-state index contributed by atoms with van der Waals surface area (Å²) in [4.78, 5) is 14.1. The van der Waals surface area contributed by atoms with Gasteiger partial charge in [-0.3, -0.25) is 4.79 Å². The molecule has 1 aliphatic rings. The van der Waals surface area contributed by atoms with Crippen LogP contribution in [-0.2, 0) is 10.2 Å². The third-order valence-electron chi connectivity index (χ3n) is 4.37. The Kier molecular flexibility index (Phi) is 5.38. The van der Waals surface area contributed by atoms with E-state index in [1.807, 2.05) is 0 Å². The summed E-state index contributed by atoms with van der Waals surface area (Å²) in [7, 11) is 0. The molecule has 134 valence electrons. The van der Waals surface area contributed by atoms with Gasteiger partial charge in [-0.1, -0.05) is 19.9 Å². The average Bonchev–Trinajstić information content (AvgIpc) is 3.15. The predicted octanol–water partition coefficient (Wildman–Crippen LogP) is 5.95. The molecule has 0 saturated heterocycles. The molecule has 2 aromatic heterocycles. The van der Waals surface area contributed by atoms with Gasteiger partial charge < -0.3 is 5.32 Å². The van der Waals surface area contributed by atoms with Crippen molar-refractivity contribution in [3.8, 4) is 6.07 Å². The van der Waals surface area contributed by atoms with Crippen molar-refractivity contribution in [3.63, 3.8) is 0 Å². The molecule has 0 fully saturated rings. The highest BCUT2D eigenvalue weighted by atomic mass is 35.5. The molecule has 0 aliphatic heterocycles. The van der Waals surface area contributed by atoms with Crippen LogP contribution in [0, 0.1) is 18.3 Å². The summed E-state index contributed by atoms with van der Waals surface area (Å²) in [6.07, 6.45) is 7.24. The molecule has 1 N–H and O–H groups in total. The van der Waals surface area contributed by atoms with Gasteiger partial charge in [0, 0.05) is 20.7 Å². The summed E-state index contributed by atoms with van der Waals surface area (Å²) >= 11 is 8.79. The Labute approximate surface area is 166 Å². The molecular formula is C20H19ClN2OS2. The van der Waals surface area contributed by atoms with Crippen molar-refractivity contribution in [2.24, 2.45) is 0 Å². The van der Waals surface area contributed by atoms with Crippen LogP contribution in [0.4, 0.5) is 5.00 Å². The summed E-state index contributed by atoms with van der Waals surface area (Å²) in [5.41, 5.74) is 3.78. The number of amides is 1. The first-order chi connectivity index (χ1) is 12.4. The van der Waals surface area contributed by atoms with Crippen LogP contribution in [-0.4, -0.2) is 11.8 Å². The second-order valence-electron chi connectivity index (χ2n) is 6.92. The number of carbonyl (C=O) groups excluding carboxylic acids is 1. The van der Waals surface area contributed by atoms with E-state index in [-0.39, 0.29) is 17.2 Å². The van der Waals surface area contributed by atoms with E-state index in [1.54, 1.807) is 11.3 Å². The average molecular weight is 403 g/mol. The van der Waals surface area contributed by atoms with Crippen molar-refractivity contribution in [1.29, 1.82) is 5.26 Å². The van der Waals surface area contributed by atoms with Crippen molar-refractivity contribution in [2.75, 3.05) is 11.2 Å². The summed E-state index contributed by atoms with van der Waals surface area (Å²) in [5.74, 6) is -0.419. The van der Waals surface area contributed by atoms with E-state index in [4.69, 9.17) is 11.6 Å². The van der Waals surface area contributed by atoms with Gasteiger partial charge in [-0.05, 0) is 48.1 Å². The standard InChI is InChI=1S/C20H19ClN2OS2/c1-12-6-7-25-16(12)5-4-13-8-14-15(11-22)19(23-17(24)10-21)26-18(14)20(2,3)9-13/h4-8H,9-10H2,1-3H3,(H,23,24).